The first-order valence-corrected chi connectivity index (χ1v) is 15.8. The number of rotatable bonds is 9. The van der Waals surface area contributed by atoms with Crippen molar-refractivity contribution in [1.29, 1.82) is 0 Å². The number of alkyl carbamates (subject to hydrolysis) is 1. The minimum atomic E-state index is -0.723. The van der Waals surface area contributed by atoms with Crippen molar-refractivity contribution in [3.05, 3.63) is 30.1 Å². The van der Waals surface area contributed by atoms with E-state index in [1.54, 1.807) is 18.3 Å². The first-order chi connectivity index (χ1) is 20.3. The number of hydrogen-bond acceptors (Lipinski definition) is 8. The van der Waals surface area contributed by atoms with E-state index in [0.29, 0.717) is 36.8 Å². The molecule has 0 aromatic carbocycles. The normalized spacial score (nSPS) is 19.8. The van der Waals surface area contributed by atoms with Gasteiger partial charge in [-0.25, -0.2) is 24.2 Å². The molecule has 0 aliphatic heterocycles. The van der Waals surface area contributed by atoms with Gasteiger partial charge in [-0.1, -0.05) is 0 Å². The van der Waals surface area contributed by atoms with Crippen LogP contribution in [0, 0.1) is 0 Å². The molecular formula is C33H51N5O6. The summed E-state index contributed by atoms with van der Waals surface area (Å²) in [4.78, 5) is 32.0. The lowest BCUT2D eigenvalue weighted by Gasteiger charge is -2.30. The summed E-state index contributed by atoms with van der Waals surface area (Å²) in [7, 11) is 0. The lowest BCUT2D eigenvalue weighted by molar-refractivity contribution is 0.0490. The van der Waals surface area contributed by atoms with E-state index in [4.69, 9.17) is 19.3 Å². The molecule has 2 atom stereocenters. The molecule has 11 heteroatoms. The Morgan fingerprint density at radius 2 is 1.73 bits per heavy atom. The fraction of sp³-hybridized carbons (Fsp3) is 0.697. The Morgan fingerprint density at radius 3 is 2.30 bits per heavy atom. The summed E-state index contributed by atoms with van der Waals surface area (Å²) >= 11 is 0. The molecule has 2 saturated carbocycles. The number of carbonyl (C=O) groups is 2. The second-order valence-electron chi connectivity index (χ2n) is 15.2. The molecular weight excluding hydrogens is 562 g/mol. The maximum Gasteiger partial charge on any atom is 0.420 e. The fourth-order valence-electron chi connectivity index (χ4n) is 5.42. The Kier molecular flexibility index (Phi) is 9.59. The van der Waals surface area contributed by atoms with Crippen molar-refractivity contribution in [3.63, 3.8) is 0 Å². The molecule has 2 amide bonds. The third-order valence-corrected chi connectivity index (χ3v) is 7.62. The number of aliphatic hydroxyl groups excluding tert-OH is 1. The zero-order chi connectivity index (χ0) is 32.5. The topological polar surface area (TPSA) is 128 Å². The summed E-state index contributed by atoms with van der Waals surface area (Å²) in [5, 5.41) is 18.2. The first-order valence-electron chi connectivity index (χ1n) is 15.8. The Morgan fingerprint density at radius 1 is 1.05 bits per heavy atom. The van der Waals surface area contributed by atoms with Crippen LogP contribution in [-0.4, -0.2) is 61.5 Å². The number of carbonyl (C=O) groups excluding carboxylic acids is 2. The fourth-order valence-corrected chi connectivity index (χ4v) is 5.42. The van der Waals surface area contributed by atoms with Crippen LogP contribution in [0.4, 0.5) is 21.1 Å². The van der Waals surface area contributed by atoms with Gasteiger partial charge in [0.25, 0.3) is 0 Å². The van der Waals surface area contributed by atoms with E-state index in [1.807, 2.05) is 73.1 Å². The van der Waals surface area contributed by atoms with Gasteiger partial charge in [-0.3, -0.25) is 0 Å². The van der Waals surface area contributed by atoms with Crippen LogP contribution >= 0.6 is 0 Å². The third-order valence-electron chi connectivity index (χ3n) is 7.62. The molecule has 2 fully saturated rings. The van der Waals surface area contributed by atoms with Crippen LogP contribution in [0.15, 0.2) is 24.4 Å². The minimum absolute atomic E-state index is 0.115. The number of amides is 2. The molecule has 11 nitrogen and oxygen atoms in total. The minimum Gasteiger partial charge on any atom is -0.478 e. The maximum atomic E-state index is 13.8. The van der Waals surface area contributed by atoms with E-state index in [1.165, 1.54) is 4.90 Å². The largest absolute Gasteiger partial charge is 0.478 e. The van der Waals surface area contributed by atoms with Gasteiger partial charge in [0.1, 0.15) is 17.0 Å². The van der Waals surface area contributed by atoms with Gasteiger partial charge in [-0.15, -0.1) is 0 Å². The summed E-state index contributed by atoms with van der Waals surface area (Å²) in [5.41, 5.74) is -0.564. The van der Waals surface area contributed by atoms with E-state index in [0.717, 1.165) is 37.8 Å². The van der Waals surface area contributed by atoms with E-state index in [-0.39, 0.29) is 17.6 Å². The molecule has 0 radical (unpaired) electrons. The van der Waals surface area contributed by atoms with Crippen LogP contribution < -0.4 is 15.0 Å². The summed E-state index contributed by atoms with van der Waals surface area (Å²) in [6.07, 6.45) is 5.86. The number of aliphatic hydroxyl groups is 1. The smallest absolute Gasteiger partial charge is 0.420 e. The summed E-state index contributed by atoms with van der Waals surface area (Å²) in [6.45, 7) is 17.6. The van der Waals surface area contributed by atoms with Crippen LogP contribution in [-0.2, 0) is 15.0 Å². The lowest BCUT2D eigenvalue weighted by atomic mass is 10.0. The number of hydrogen-bond donors (Lipinski definition) is 2. The Balaban J connectivity index is 1.53. The van der Waals surface area contributed by atoms with Crippen molar-refractivity contribution in [2.24, 2.45) is 0 Å². The number of aromatic nitrogens is 3. The number of nitrogens with zero attached hydrogens (tertiary/aromatic N) is 4. The molecule has 4 rings (SSSR count). The zero-order valence-corrected chi connectivity index (χ0v) is 27.9. The van der Waals surface area contributed by atoms with Crippen molar-refractivity contribution in [1.82, 2.24) is 20.1 Å². The van der Waals surface area contributed by atoms with Crippen LogP contribution in [0.3, 0.4) is 0 Å². The van der Waals surface area contributed by atoms with Gasteiger partial charge in [0, 0.05) is 29.8 Å². The van der Waals surface area contributed by atoms with Gasteiger partial charge in [0.15, 0.2) is 0 Å². The van der Waals surface area contributed by atoms with Gasteiger partial charge in [0.2, 0.25) is 5.88 Å². The number of anilines is 2. The van der Waals surface area contributed by atoms with E-state index in [2.05, 4.69) is 10.3 Å². The van der Waals surface area contributed by atoms with Gasteiger partial charge in [0.05, 0.1) is 29.6 Å². The van der Waals surface area contributed by atoms with Crippen LogP contribution in [0.2, 0.25) is 0 Å². The molecule has 0 bridgehead atoms. The average Bonchev–Trinajstić information content (AvgIpc) is 3.25. The van der Waals surface area contributed by atoms with Crippen molar-refractivity contribution in [2.75, 3.05) is 11.5 Å². The second-order valence-corrected chi connectivity index (χ2v) is 15.2. The molecule has 44 heavy (non-hydrogen) atoms. The highest BCUT2D eigenvalue weighted by molar-refractivity contribution is 5.95. The van der Waals surface area contributed by atoms with Crippen molar-refractivity contribution >= 4 is 23.7 Å². The van der Waals surface area contributed by atoms with Crippen molar-refractivity contribution in [2.45, 2.75) is 142 Å². The van der Waals surface area contributed by atoms with E-state index >= 15 is 0 Å². The van der Waals surface area contributed by atoms with Crippen molar-refractivity contribution in [3.8, 4) is 5.88 Å². The highest BCUT2D eigenvalue weighted by atomic mass is 16.6. The predicted molar refractivity (Wildman–Crippen MR) is 168 cm³/mol. The second kappa shape index (κ2) is 12.6. The SMILES string of the molecule is CC(C)(C)OC(=O)NC1(CCCOc2cc(N(C(=O)OC(C)(C)C)c3cc([C@H]4CC[C@@H](O)C4)nn3C(C)(C)C)ccn2)CC1. The molecule has 0 unspecified atom stereocenters. The quantitative estimate of drug-likeness (QED) is 0.291. The van der Waals surface area contributed by atoms with E-state index in [9.17, 15) is 14.7 Å². The highest BCUT2D eigenvalue weighted by Gasteiger charge is 2.44. The summed E-state index contributed by atoms with van der Waals surface area (Å²) < 4.78 is 19.2. The van der Waals surface area contributed by atoms with Gasteiger partial charge in [-0.05, 0) is 113 Å². The zero-order valence-electron chi connectivity index (χ0n) is 27.9. The Hall–Kier alpha value is -3.34. The van der Waals surface area contributed by atoms with Crippen LogP contribution in [0.5, 0.6) is 5.88 Å². The predicted octanol–water partition coefficient (Wildman–Crippen LogP) is 6.95. The Bertz CT molecular complexity index is 1320. The van der Waals surface area contributed by atoms with Gasteiger partial charge < -0.3 is 24.6 Å². The molecule has 2 heterocycles. The molecule has 2 aromatic rings. The monoisotopic (exact) mass is 613 g/mol. The number of pyridine rings is 1. The van der Waals surface area contributed by atoms with Gasteiger partial charge >= 0.3 is 12.2 Å². The summed E-state index contributed by atoms with van der Waals surface area (Å²) in [6, 6.07) is 5.42. The lowest BCUT2D eigenvalue weighted by Crippen LogP contribution is -2.40. The highest BCUT2D eigenvalue weighted by Crippen LogP contribution is 2.41. The van der Waals surface area contributed by atoms with Crippen LogP contribution in [0.1, 0.15) is 119 Å². The maximum absolute atomic E-state index is 13.8. The molecule has 0 spiro atoms. The van der Waals surface area contributed by atoms with Gasteiger partial charge in [-0.2, -0.15) is 5.10 Å². The molecule has 0 saturated heterocycles. The number of ether oxygens (including phenoxy) is 3. The third kappa shape index (κ3) is 9.09. The molecule has 2 N–H and O–H groups in total. The average molecular weight is 614 g/mol. The first kappa shape index (κ1) is 33.6. The molecule has 2 aliphatic rings. The van der Waals surface area contributed by atoms with E-state index < -0.39 is 28.9 Å². The number of nitrogens with one attached hydrogen (secondary N) is 1. The molecule has 2 aliphatic carbocycles. The van der Waals surface area contributed by atoms with Crippen LogP contribution in [0.25, 0.3) is 0 Å². The molecule has 2 aromatic heterocycles. The standard InChI is InChI=1S/C33H51N5O6/c1-30(2,3)38-27(21-25(36-38)22-11-12-24(39)19-22)37(29(41)44-32(7,8)9)23-13-17-34-26(20-23)42-18-10-14-33(15-16-33)35-28(40)43-31(4,5)6/h13,17,20-22,24,39H,10-12,14-16,18-19H2,1-9H3,(H,35,40)/t22-,24+/m0/s1. The Labute approximate surface area is 261 Å². The molecule has 244 valence electrons. The summed E-state index contributed by atoms with van der Waals surface area (Å²) in [5.74, 6) is 1.06. The van der Waals surface area contributed by atoms with Crippen molar-refractivity contribution < 1.29 is 28.9 Å².